The summed E-state index contributed by atoms with van der Waals surface area (Å²) >= 11 is 0. The Balaban J connectivity index is 2.73. The van der Waals surface area contributed by atoms with Gasteiger partial charge in [-0.05, 0) is 20.8 Å². The van der Waals surface area contributed by atoms with Crippen molar-refractivity contribution in [3.63, 3.8) is 0 Å². The van der Waals surface area contributed by atoms with Crippen molar-refractivity contribution in [1.82, 2.24) is 0 Å². The van der Waals surface area contributed by atoms with Crippen LogP contribution in [0.4, 0.5) is 0 Å². The van der Waals surface area contributed by atoms with Gasteiger partial charge in [-0.15, -0.1) is 4.70 Å². The van der Waals surface area contributed by atoms with E-state index < -0.39 is 0 Å². The van der Waals surface area contributed by atoms with Gasteiger partial charge >= 0.3 is 6.34 Å². The molecule has 0 aromatic rings. The zero-order valence-electron chi connectivity index (χ0n) is 6.13. The van der Waals surface area contributed by atoms with Crippen LogP contribution in [0.25, 0.3) is 0 Å². The third-order valence-corrected chi connectivity index (χ3v) is 1.18. The molecule has 50 valence electrons. The second-order valence-electron chi connectivity index (χ2n) is 3.10. The Labute approximate surface area is 55.1 Å². The van der Waals surface area contributed by atoms with E-state index in [0.717, 1.165) is 0 Å². The van der Waals surface area contributed by atoms with E-state index in [0.29, 0.717) is 6.67 Å². The molecule has 0 bridgehead atoms. The first-order chi connectivity index (χ1) is 4.11. The molecule has 0 aliphatic carbocycles. The summed E-state index contributed by atoms with van der Waals surface area (Å²) in [7, 11) is 0. The van der Waals surface area contributed by atoms with Crippen molar-refractivity contribution < 1.29 is 4.70 Å². The molecular formula is C6H12N3+. The van der Waals surface area contributed by atoms with Gasteiger partial charge in [0.1, 0.15) is 5.54 Å². The van der Waals surface area contributed by atoms with E-state index >= 15 is 0 Å². The number of hydrogen-bond donors (Lipinski definition) is 0. The maximum absolute atomic E-state index is 4.12. The third kappa shape index (κ3) is 1.34. The maximum atomic E-state index is 4.12. The zero-order chi connectivity index (χ0) is 6.91. The van der Waals surface area contributed by atoms with Crippen LogP contribution >= 0.6 is 0 Å². The van der Waals surface area contributed by atoms with E-state index in [2.05, 4.69) is 30.9 Å². The minimum Gasteiger partial charge on any atom is -0.133 e. The van der Waals surface area contributed by atoms with Gasteiger partial charge in [0.05, 0.1) is 0 Å². The van der Waals surface area contributed by atoms with Gasteiger partial charge in [-0.3, -0.25) is 0 Å². The number of hydrogen-bond acceptors (Lipinski definition) is 2. The molecule has 0 atom stereocenters. The molecular weight excluding hydrogens is 114 g/mol. The van der Waals surface area contributed by atoms with Gasteiger partial charge in [0, 0.05) is 0 Å². The average Bonchev–Trinajstić information content (AvgIpc) is 2.08. The van der Waals surface area contributed by atoms with Crippen molar-refractivity contribution in [3.05, 3.63) is 0 Å². The predicted octanol–water partition coefficient (Wildman–Crippen LogP) is 1.25. The van der Waals surface area contributed by atoms with E-state index in [1.54, 1.807) is 6.34 Å². The summed E-state index contributed by atoms with van der Waals surface area (Å²) in [5.74, 6) is 0. The molecule has 0 amide bonds. The molecule has 0 radical (unpaired) electrons. The van der Waals surface area contributed by atoms with E-state index in [9.17, 15) is 0 Å². The molecule has 3 nitrogen and oxygen atoms in total. The molecule has 1 aliphatic heterocycles. The summed E-state index contributed by atoms with van der Waals surface area (Å²) in [5.41, 5.74) is 0.0972. The van der Waals surface area contributed by atoms with Crippen LogP contribution in [0.2, 0.25) is 0 Å². The lowest BCUT2D eigenvalue weighted by atomic mass is 10.1. The predicted molar refractivity (Wildman–Crippen MR) is 35.8 cm³/mol. The topological polar surface area (TPSA) is 27.7 Å². The van der Waals surface area contributed by atoms with Gasteiger partial charge in [-0.25, -0.2) is 0 Å². The van der Waals surface area contributed by atoms with Crippen molar-refractivity contribution in [3.8, 4) is 0 Å². The van der Waals surface area contributed by atoms with Gasteiger partial charge in [-0.2, -0.15) is 0 Å². The number of rotatable bonds is 0. The monoisotopic (exact) mass is 126 g/mol. The summed E-state index contributed by atoms with van der Waals surface area (Å²) in [5, 5.41) is 4.12. The van der Waals surface area contributed by atoms with E-state index in [-0.39, 0.29) is 5.54 Å². The van der Waals surface area contributed by atoms with Crippen molar-refractivity contribution in [2.24, 2.45) is 10.1 Å². The van der Waals surface area contributed by atoms with E-state index in [4.69, 9.17) is 0 Å². The molecule has 9 heavy (non-hydrogen) atoms. The summed E-state index contributed by atoms with van der Waals surface area (Å²) in [6.07, 6.45) is 1.78. The van der Waals surface area contributed by atoms with Gasteiger partial charge in [-0.1, -0.05) is 10.1 Å². The second kappa shape index (κ2) is 1.90. The standard InChI is InChI=1S/C6H12N3/c1-6(2,3)9-5-7-4-8-9/h5H,4H2,1-3H3/q+1. The highest BCUT2D eigenvalue weighted by molar-refractivity contribution is 5.44. The lowest BCUT2D eigenvalue weighted by Gasteiger charge is -2.11. The summed E-state index contributed by atoms with van der Waals surface area (Å²) in [4.78, 5) is 3.97. The average molecular weight is 126 g/mol. The van der Waals surface area contributed by atoms with Crippen LogP contribution in [0, 0.1) is 0 Å². The van der Waals surface area contributed by atoms with Gasteiger partial charge < -0.3 is 0 Å². The summed E-state index contributed by atoms with van der Waals surface area (Å²) < 4.78 is 1.88. The highest BCUT2D eigenvalue weighted by Gasteiger charge is 2.23. The van der Waals surface area contributed by atoms with E-state index in [1.807, 2.05) is 4.70 Å². The molecule has 0 saturated heterocycles. The van der Waals surface area contributed by atoms with Crippen LogP contribution in [-0.4, -0.2) is 23.2 Å². The van der Waals surface area contributed by atoms with Gasteiger partial charge in [0.15, 0.2) is 0 Å². The third-order valence-electron chi connectivity index (χ3n) is 1.18. The van der Waals surface area contributed by atoms with Crippen LogP contribution in [0.5, 0.6) is 0 Å². The van der Waals surface area contributed by atoms with E-state index in [1.165, 1.54) is 0 Å². The zero-order valence-corrected chi connectivity index (χ0v) is 6.13. The van der Waals surface area contributed by atoms with Crippen LogP contribution in [-0.2, 0) is 0 Å². The second-order valence-corrected chi connectivity index (χ2v) is 3.10. The quantitative estimate of drug-likeness (QED) is 0.437. The van der Waals surface area contributed by atoms with Crippen LogP contribution in [0.3, 0.4) is 0 Å². The van der Waals surface area contributed by atoms with Crippen molar-refractivity contribution in [2.75, 3.05) is 6.67 Å². The normalized spacial score (nSPS) is 18.3. The molecule has 0 aromatic heterocycles. The van der Waals surface area contributed by atoms with Crippen molar-refractivity contribution >= 4 is 6.34 Å². The molecule has 0 spiro atoms. The van der Waals surface area contributed by atoms with Crippen LogP contribution in [0.15, 0.2) is 10.1 Å². The highest BCUT2D eigenvalue weighted by Crippen LogP contribution is 2.07. The highest BCUT2D eigenvalue weighted by atomic mass is 15.4. The number of aliphatic imine (C=N–C) groups is 1. The fraction of sp³-hybridized carbons (Fsp3) is 0.833. The molecule has 0 fully saturated rings. The molecule has 0 unspecified atom stereocenters. The van der Waals surface area contributed by atoms with Crippen molar-refractivity contribution in [2.45, 2.75) is 26.3 Å². The lowest BCUT2D eigenvalue weighted by molar-refractivity contribution is -0.544. The largest absolute Gasteiger partial charge is 0.303 e. The fourth-order valence-electron chi connectivity index (χ4n) is 0.640. The molecule has 0 aromatic carbocycles. The summed E-state index contributed by atoms with van der Waals surface area (Å²) in [6, 6.07) is 0. The van der Waals surface area contributed by atoms with Gasteiger partial charge in [0.2, 0.25) is 0 Å². The van der Waals surface area contributed by atoms with Gasteiger partial charge in [0.25, 0.3) is 6.67 Å². The van der Waals surface area contributed by atoms with Crippen LogP contribution < -0.4 is 0 Å². The Bertz CT molecular complexity index is 162. The first kappa shape index (κ1) is 6.39. The van der Waals surface area contributed by atoms with Crippen molar-refractivity contribution in [1.29, 1.82) is 0 Å². The fourth-order valence-corrected chi connectivity index (χ4v) is 0.640. The smallest absolute Gasteiger partial charge is 0.133 e. The summed E-state index contributed by atoms with van der Waals surface area (Å²) in [6.45, 7) is 6.91. The Morgan fingerprint density at radius 3 is 2.33 bits per heavy atom. The Morgan fingerprint density at radius 1 is 1.44 bits per heavy atom. The minimum atomic E-state index is 0.0972. The molecule has 3 heteroatoms. The van der Waals surface area contributed by atoms with Crippen LogP contribution in [0.1, 0.15) is 20.8 Å². The molecule has 1 heterocycles. The SMILES string of the molecule is CC(C)(C)[N+]1=NCN=C1. The number of azo groups is 2. The Morgan fingerprint density at radius 2 is 2.11 bits per heavy atom. The molecule has 1 aliphatic rings. The lowest BCUT2D eigenvalue weighted by Crippen LogP contribution is -2.29. The maximum Gasteiger partial charge on any atom is 0.303 e. The first-order valence-corrected chi connectivity index (χ1v) is 3.07. The number of nitrogens with zero attached hydrogens (tertiary/aromatic N) is 3. The molecule has 0 saturated carbocycles. The first-order valence-electron chi connectivity index (χ1n) is 3.07. The molecule has 0 N–H and O–H groups in total. The minimum absolute atomic E-state index is 0.0972. The Kier molecular flexibility index (Phi) is 1.35. The molecule has 1 rings (SSSR count). The Hall–Kier alpha value is -0.730.